The van der Waals surface area contributed by atoms with E-state index in [-0.39, 0.29) is 5.91 Å². The number of thioether (sulfide) groups is 1. The molecule has 0 N–H and O–H groups in total. The normalized spacial score (nSPS) is 14.0. The number of hydrogen-bond donors (Lipinski definition) is 0. The van der Waals surface area contributed by atoms with E-state index in [9.17, 15) is 4.79 Å². The van der Waals surface area contributed by atoms with Crippen molar-refractivity contribution in [3.05, 3.63) is 66.0 Å². The number of ether oxygens (including phenoxy) is 1. The summed E-state index contributed by atoms with van der Waals surface area (Å²) in [5.74, 6) is 1.41. The van der Waals surface area contributed by atoms with Crippen LogP contribution in [0.25, 0.3) is 5.69 Å². The summed E-state index contributed by atoms with van der Waals surface area (Å²) in [6.45, 7) is 7.25. The third-order valence-electron chi connectivity index (χ3n) is 5.83. The van der Waals surface area contributed by atoms with E-state index < -0.39 is 0 Å². The van der Waals surface area contributed by atoms with Crippen LogP contribution < -0.4 is 9.64 Å². The molecule has 3 aromatic rings. The molecule has 1 amide bonds. The summed E-state index contributed by atoms with van der Waals surface area (Å²) in [6.07, 6.45) is 3.75. The smallest absolute Gasteiger partial charge is 0.233 e. The highest BCUT2D eigenvalue weighted by molar-refractivity contribution is 7.99. The quantitative estimate of drug-likeness (QED) is 0.548. The van der Waals surface area contributed by atoms with Gasteiger partial charge in [-0.2, -0.15) is 0 Å². The van der Waals surface area contributed by atoms with Crippen molar-refractivity contribution in [1.82, 2.24) is 14.5 Å². The maximum atomic E-state index is 12.9. The van der Waals surface area contributed by atoms with E-state index in [1.165, 1.54) is 22.9 Å². The lowest BCUT2D eigenvalue weighted by atomic mass is 10.1. The summed E-state index contributed by atoms with van der Waals surface area (Å²) in [7, 11) is 1.69. The van der Waals surface area contributed by atoms with Crippen molar-refractivity contribution in [3.63, 3.8) is 0 Å². The zero-order chi connectivity index (χ0) is 21.8. The summed E-state index contributed by atoms with van der Waals surface area (Å²) in [5.41, 5.74) is 4.66. The van der Waals surface area contributed by atoms with Crippen molar-refractivity contribution in [3.8, 4) is 11.4 Å². The van der Waals surface area contributed by atoms with Crippen molar-refractivity contribution in [2.45, 2.75) is 19.0 Å². The van der Waals surface area contributed by atoms with Gasteiger partial charge in [0.2, 0.25) is 5.91 Å². The number of hydrogen-bond acceptors (Lipinski definition) is 5. The number of carbonyl (C=O) groups excluding carboxylic acids is 1. The maximum Gasteiger partial charge on any atom is 0.233 e. The molecular weight excluding hydrogens is 408 g/mol. The molecule has 0 radical (unpaired) electrons. The third kappa shape index (κ3) is 4.56. The van der Waals surface area contributed by atoms with Crippen LogP contribution >= 0.6 is 11.8 Å². The highest BCUT2D eigenvalue weighted by Crippen LogP contribution is 2.29. The largest absolute Gasteiger partial charge is 0.495 e. The minimum atomic E-state index is 0.153. The molecule has 0 aliphatic carbocycles. The zero-order valence-corrected chi connectivity index (χ0v) is 19.1. The fourth-order valence-corrected chi connectivity index (χ4v) is 4.75. The van der Waals surface area contributed by atoms with Crippen molar-refractivity contribution in [2.24, 2.45) is 0 Å². The first-order valence-electron chi connectivity index (χ1n) is 10.5. The average Bonchev–Trinajstić information content (AvgIpc) is 3.27. The number of para-hydroxylation sites is 2. The SMILES string of the molecule is COc1ccccc1N1CCN(C(=O)CSc2nccn2-c2cccc(C)c2C)CC1. The lowest BCUT2D eigenvalue weighted by Crippen LogP contribution is -2.49. The Morgan fingerprint density at radius 3 is 2.55 bits per heavy atom. The molecule has 31 heavy (non-hydrogen) atoms. The van der Waals surface area contributed by atoms with E-state index in [2.05, 4.69) is 52.6 Å². The van der Waals surface area contributed by atoms with Gasteiger partial charge in [0, 0.05) is 38.6 Å². The van der Waals surface area contributed by atoms with Crippen LogP contribution in [0.3, 0.4) is 0 Å². The van der Waals surface area contributed by atoms with Crippen LogP contribution in [0.15, 0.2) is 60.0 Å². The minimum Gasteiger partial charge on any atom is -0.495 e. The summed E-state index contributed by atoms with van der Waals surface area (Å²) in [4.78, 5) is 21.6. The van der Waals surface area contributed by atoms with Gasteiger partial charge in [-0.25, -0.2) is 4.98 Å². The van der Waals surface area contributed by atoms with Crippen molar-refractivity contribution in [1.29, 1.82) is 0 Å². The Hall–Kier alpha value is -2.93. The number of carbonyl (C=O) groups is 1. The van der Waals surface area contributed by atoms with Crippen LogP contribution in [0.2, 0.25) is 0 Å². The topological polar surface area (TPSA) is 50.6 Å². The molecule has 0 atom stereocenters. The Morgan fingerprint density at radius 1 is 1.03 bits per heavy atom. The van der Waals surface area contributed by atoms with Gasteiger partial charge in [-0.3, -0.25) is 9.36 Å². The van der Waals surface area contributed by atoms with Crippen LogP contribution in [0.5, 0.6) is 5.75 Å². The summed E-state index contributed by atoms with van der Waals surface area (Å²) in [6, 6.07) is 14.3. The maximum absolute atomic E-state index is 12.9. The van der Waals surface area contributed by atoms with Gasteiger partial charge in [-0.15, -0.1) is 0 Å². The van der Waals surface area contributed by atoms with Crippen molar-refractivity contribution >= 4 is 23.4 Å². The number of anilines is 1. The van der Waals surface area contributed by atoms with Crippen molar-refractivity contribution < 1.29 is 9.53 Å². The number of methoxy groups -OCH3 is 1. The molecule has 0 unspecified atom stereocenters. The number of benzene rings is 2. The van der Waals surface area contributed by atoms with E-state index in [1.807, 2.05) is 29.3 Å². The number of piperazine rings is 1. The van der Waals surface area contributed by atoms with Crippen LogP contribution in [0.4, 0.5) is 5.69 Å². The highest BCUT2D eigenvalue weighted by atomic mass is 32.2. The minimum absolute atomic E-state index is 0.153. The van der Waals surface area contributed by atoms with Crippen LogP contribution in [-0.2, 0) is 4.79 Å². The molecule has 1 aliphatic heterocycles. The van der Waals surface area contributed by atoms with Gasteiger partial charge >= 0.3 is 0 Å². The zero-order valence-electron chi connectivity index (χ0n) is 18.2. The molecule has 1 aliphatic rings. The molecule has 6 nitrogen and oxygen atoms in total. The van der Waals surface area contributed by atoms with E-state index >= 15 is 0 Å². The molecule has 1 fully saturated rings. The molecule has 1 saturated heterocycles. The van der Waals surface area contributed by atoms with Gasteiger partial charge < -0.3 is 14.5 Å². The Labute approximate surface area is 187 Å². The second-order valence-electron chi connectivity index (χ2n) is 7.63. The van der Waals surface area contributed by atoms with Crippen LogP contribution in [-0.4, -0.2) is 59.4 Å². The second-order valence-corrected chi connectivity index (χ2v) is 8.57. The van der Waals surface area contributed by atoms with Gasteiger partial charge in [0.1, 0.15) is 5.75 Å². The van der Waals surface area contributed by atoms with Crippen molar-refractivity contribution in [2.75, 3.05) is 43.9 Å². The molecule has 4 rings (SSSR count). The van der Waals surface area contributed by atoms with Gasteiger partial charge in [-0.1, -0.05) is 36.0 Å². The highest BCUT2D eigenvalue weighted by Gasteiger charge is 2.23. The predicted molar refractivity (Wildman–Crippen MR) is 126 cm³/mol. The lowest BCUT2D eigenvalue weighted by Gasteiger charge is -2.36. The number of imidazole rings is 1. The monoisotopic (exact) mass is 436 g/mol. The van der Waals surface area contributed by atoms with Crippen LogP contribution in [0.1, 0.15) is 11.1 Å². The van der Waals surface area contributed by atoms with Crippen LogP contribution in [0, 0.1) is 13.8 Å². The van der Waals surface area contributed by atoms with Gasteiger partial charge in [0.15, 0.2) is 5.16 Å². The van der Waals surface area contributed by atoms with E-state index in [1.54, 1.807) is 13.3 Å². The Balaban J connectivity index is 1.36. The fourth-order valence-electron chi connectivity index (χ4n) is 3.88. The Bertz CT molecular complexity index is 1060. The number of aryl methyl sites for hydroxylation is 1. The molecule has 0 spiro atoms. The second kappa shape index (κ2) is 9.47. The van der Waals surface area contributed by atoms with E-state index in [0.29, 0.717) is 18.8 Å². The molecule has 162 valence electrons. The predicted octanol–water partition coefficient (Wildman–Crippen LogP) is 3.94. The fraction of sp³-hybridized carbons (Fsp3) is 0.333. The molecule has 2 aromatic carbocycles. The number of aromatic nitrogens is 2. The first-order chi connectivity index (χ1) is 15.1. The first-order valence-corrected chi connectivity index (χ1v) is 11.5. The van der Waals surface area contributed by atoms with Gasteiger partial charge in [-0.05, 0) is 43.2 Å². The molecule has 7 heteroatoms. The first kappa shape index (κ1) is 21.3. The molecule has 0 bridgehead atoms. The third-order valence-corrected chi connectivity index (χ3v) is 6.78. The Morgan fingerprint density at radius 2 is 1.77 bits per heavy atom. The molecular formula is C24H28N4O2S. The Kier molecular flexibility index (Phi) is 6.51. The number of rotatable bonds is 6. The average molecular weight is 437 g/mol. The molecule has 1 aromatic heterocycles. The van der Waals surface area contributed by atoms with Gasteiger partial charge in [0.05, 0.1) is 24.2 Å². The lowest BCUT2D eigenvalue weighted by molar-refractivity contribution is -0.128. The summed E-state index contributed by atoms with van der Waals surface area (Å²) < 4.78 is 7.55. The number of nitrogens with zero attached hydrogens (tertiary/aromatic N) is 4. The summed E-state index contributed by atoms with van der Waals surface area (Å²) >= 11 is 1.50. The molecule has 0 saturated carbocycles. The van der Waals surface area contributed by atoms with E-state index in [0.717, 1.165) is 35.4 Å². The van der Waals surface area contributed by atoms with Gasteiger partial charge in [0.25, 0.3) is 0 Å². The standard InChI is InChI=1S/C24H28N4O2S/c1-18-7-6-9-20(19(18)2)28-12-11-25-24(28)31-17-23(29)27-15-13-26(14-16-27)21-8-4-5-10-22(21)30-3/h4-12H,13-17H2,1-3H3. The number of amides is 1. The molecule has 2 heterocycles. The summed E-state index contributed by atoms with van der Waals surface area (Å²) in [5, 5.41) is 0.842. The van der Waals surface area contributed by atoms with E-state index in [4.69, 9.17) is 4.74 Å².